The Kier molecular flexibility index (Phi) is 5.66. The highest BCUT2D eigenvalue weighted by Gasteiger charge is 2.33. The van der Waals surface area contributed by atoms with Gasteiger partial charge in [-0.1, -0.05) is 0 Å². The number of amides is 1. The van der Waals surface area contributed by atoms with Crippen molar-refractivity contribution in [3.05, 3.63) is 29.8 Å². The van der Waals surface area contributed by atoms with Gasteiger partial charge in [-0.15, -0.1) is 0 Å². The van der Waals surface area contributed by atoms with Gasteiger partial charge in [0.15, 0.2) is 0 Å². The summed E-state index contributed by atoms with van der Waals surface area (Å²) in [4.78, 5) is 12.8. The third-order valence-electron chi connectivity index (χ3n) is 4.90. The van der Waals surface area contributed by atoms with Crippen molar-refractivity contribution in [3.8, 4) is 0 Å². The average Bonchev–Trinajstić information content (AvgIpc) is 3.25. The summed E-state index contributed by atoms with van der Waals surface area (Å²) >= 11 is 0. The molecule has 1 fully saturated rings. The van der Waals surface area contributed by atoms with Crippen LogP contribution in [0.5, 0.6) is 0 Å². The van der Waals surface area contributed by atoms with E-state index in [1.165, 1.54) is 21.4 Å². The van der Waals surface area contributed by atoms with Crippen LogP contribution < -0.4 is 5.32 Å². The van der Waals surface area contributed by atoms with Crippen LogP contribution in [0.15, 0.2) is 23.5 Å². The molecule has 1 unspecified atom stereocenters. The van der Waals surface area contributed by atoms with Crippen LogP contribution in [0.25, 0.3) is 0 Å². The first-order valence-electron chi connectivity index (χ1n) is 9.10. The molecule has 0 spiro atoms. The molecule has 0 bridgehead atoms. The third-order valence-corrected chi connectivity index (χ3v) is 6.72. The van der Waals surface area contributed by atoms with E-state index in [4.69, 9.17) is 0 Å². The van der Waals surface area contributed by atoms with E-state index in [1.54, 1.807) is 7.05 Å². The average molecular weight is 395 g/mol. The van der Waals surface area contributed by atoms with E-state index in [9.17, 15) is 13.2 Å². The van der Waals surface area contributed by atoms with Crippen molar-refractivity contribution < 1.29 is 13.2 Å². The van der Waals surface area contributed by atoms with Crippen molar-refractivity contribution in [2.24, 2.45) is 13.0 Å². The topological polar surface area (TPSA) is 102 Å². The Morgan fingerprint density at radius 1 is 1.37 bits per heavy atom. The summed E-state index contributed by atoms with van der Waals surface area (Å²) in [6, 6.07) is 0. The minimum Gasteiger partial charge on any atom is -0.352 e. The van der Waals surface area contributed by atoms with Gasteiger partial charge in [0.1, 0.15) is 4.90 Å². The molecule has 2 aromatic heterocycles. The molecular weight excluding hydrogens is 368 g/mol. The summed E-state index contributed by atoms with van der Waals surface area (Å²) in [6.45, 7) is 5.71. The maximum atomic E-state index is 12.8. The number of aromatic nitrogens is 4. The number of nitrogens with one attached hydrogen (secondary N) is 1. The van der Waals surface area contributed by atoms with Gasteiger partial charge in [-0.3, -0.25) is 14.2 Å². The summed E-state index contributed by atoms with van der Waals surface area (Å²) in [5, 5.41) is 11.2. The molecule has 9 nitrogen and oxygen atoms in total. The fourth-order valence-electron chi connectivity index (χ4n) is 3.28. The quantitative estimate of drug-likeness (QED) is 0.776. The van der Waals surface area contributed by atoms with Crippen LogP contribution >= 0.6 is 0 Å². The van der Waals surface area contributed by atoms with Crippen molar-refractivity contribution in [3.63, 3.8) is 0 Å². The van der Waals surface area contributed by atoms with Crippen molar-refractivity contribution in [1.82, 2.24) is 29.2 Å². The van der Waals surface area contributed by atoms with E-state index in [2.05, 4.69) is 15.5 Å². The van der Waals surface area contributed by atoms with Gasteiger partial charge >= 0.3 is 0 Å². The lowest BCUT2D eigenvalue weighted by atomic mass is 9.99. The maximum Gasteiger partial charge on any atom is 0.246 e. The Bertz CT molecular complexity index is 917. The molecule has 1 saturated heterocycles. The molecule has 1 amide bonds. The lowest BCUT2D eigenvalue weighted by molar-refractivity contribution is -0.126. The first-order chi connectivity index (χ1) is 12.8. The van der Waals surface area contributed by atoms with Gasteiger partial charge in [0, 0.05) is 51.2 Å². The Morgan fingerprint density at radius 3 is 2.78 bits per heavy atom. The predicted octanol–water partition coefficient (Wildman–Crippen LogP) is 0.662. The number of aryl methyl sites for hydroxylation is 3. The van der Waals surface area contributed by atoms with Gasteiger partial charge < -0.3 is 5.32 Å². The molecule has 0 radical (unpaired) electrons. The molecule has 1 aliphatic rings. The first-order valence-corrected chi connectivity index (χ1v) is 10.5. The van der Waals surface area contributed by atoms with E-state index in [-0.39, 0.29) is 23.3 Å². The Labute approximate surface area is 159 Å². The number of hydrogen-bond donors (Lipinski definition) is 1. The fraction of sp³-hybridized carbons (Fsp3) is 0.588. The number of carbonyl (C=O) groups is 1. The van der Waals surface area contributed by atoms with Gasteiger partial charge in [0.05, 0.1) is 17.8 Å². The van der Waals surface area contributed by atoms with Gasteiger partial charge in [0.2, 0.25) is 15.9 Å². The number of rotatable bonds is 6. The Hall–Kier alpha value is -2.20. The van der Waals surface area contributed by atoms with E-state index in [1.807, 2.05) is 24.7 Å². The fourth-order valence-corrected chi connectivity index (χ4v) is 4.79. The second-order valence-corrected chi connectivity index (χ2v) is 8.80. The Balaban J connectivity index is 1.63. The molecule has 0 aromatic carbocycles. The third kappa shape index (κ3) is 4.22. The normalized spacial score (nSPS) is 18.6. The van der Waals surface area contributed by atoms with Gasteiger partial charge in [-0.25, -0.2) is 8.42 Å². The number of nitrogens with zero attached hydrogens (tertiary/aromatic N) is 5. The summed E-state index contributed by atoms with van der Waals surface area (Å²) in [5.41, 5.74) is 1.86. The maximum absolute atomic E-state index is 12.8. The molecule has 3 rings (SSSR count). The summed E-state index contributed by atoms with van der Waals surface area (Å²) < 4.78 is 30.2. The molecule has 1 N–H and O–H groups in total. The second kappa shape index (κ2) is 7.81. The molecule has 0 saturated carbocycles. The lowest BCUT2D eigenvalue weighted by Crippen LogP contribution is -2.45. The van der Waals surface area contributed by atoms with E-state index < -0.39 is 10.0 Å². The number of sulfonamides is 1. The van der Waals surface area contributed by atoms with Crippen LogP contribution in [-0.2, 0) is 35.0 Å². The van der Waals surface area contributed by atoms with Crippen LogP contribution in [-0.4, -0.2) is 51.3 Å². The largest absolute Gasteiger partial charge is 0.352 e. The van der Waals surface area contributed by atoms with Crippen molar-refractivity contribution in [2.75, 3.05) is 13.1 Å². The molecule has 148 valence electrons. The van der Waals surface area contributed by atoms with E-state index in [0.717, 1.165) is 17.8 Å². The number of piperidine rings is 1. The van der Waals surface area contributed by atoms with Crippen LogP contribution in [0.4, 0.5) is 0 Å². The highest BCUT2D eigenvalue weighted by molar-refractivity contribution is 7.89. The monoisotopic (exact) mass is 394 g/mol. The number of carbonyl (C=O) groups excluding carboxylic acids is 1. The molecule has 1 atom stereocenters. The van der Waals surface area contributed by atoms with Gasteiger partial charge in [-0.2, -0.15) is 14.5 Å². The Morgan fingerprint density at radius 2 is 2.15 bits per heavy atom. The summed E-state index contributed by atoms with van der Waals surface area (Å²) in [7, 11) is -1.95. The zero-order chi connectivity index (χ0) is 19.6. The van der Waals surface area contributed by atoms with E-state index in [0.29, 0.717) is 25.9 Å². The first kappa shape index (κ1) is 19.6. The van der Waals surface area contributed by atoms with Crippen LogP contribution in [0.3, 0.4) is 0 Å². The summed E-state index contributed by atoms with van der Waals surface area (Å²) in [6.07, 6.45) is 6.08. The molecule has 0 aliphatic carbocycles. The predicted molar refractivity (Wildman–Crippen MR) is 99.2 cm³/mol. The highest BCUT2D eigenvalue weighted by atomic mass is 32.2. The molecule has 27 heavy (non-hydrogen) atoms. The van der Waals surface area contributed by atoms with E-state index >= 15 is 0 Å². The van der Waals surface area contributed by atoms with Gasteiger partial charge in [0.25, 0.3) is 0 Å². The number of hydrogen-bond acceptors (Lipinski definition) is 5. The second-order valence-electron chi connectivity index (χ2n) is 6.87. The zero-order valence-electron chi connectivity index (χ0n) is 15.9. The highest BCUT2D eigenvalue weighted by Crippen LogP contribution is 2.23. The smallest absolute Gasteiger partial charge is 0.246 e. The summed E-state index contributed by atoms with van der Waals surface area (Å²) in [5.74, 6) is -0.476. The minimum atomic E-state index is -3.62. The van der Waals surface area contributed by atoms with Crippen LogP contribution in [0.1, 0.15) is 31.0 Å². The lowest BCUT2D eigenvalue weighted by Gasteiger charge is -2.30. The van der Waals surface area contributed by atoms with Crippen LogP contribution in [0.2, 0.25) is 0 Å². The standard InChI is InChI=1S/C17H26N6O3S/c1-4-22-10-15(13(2)20-22)8-18-17(24)14-6-5-7-23(11-14)27(25,26)16-9-19-21(3)12-16/h9-10,12,14H,4-8,11H2,1-3H3,(H,18,24). The van der Waals surface area contributed by atoms with Crippen molar-refractivity contribution in [2.45, 2.75) is 44.7 Å². The van der Waals surface area contributed by atoms with Crippen LogP contribution in [0, 0.1) is 12.8 Å². The van der Waals surface area contributed by atoms with Gasteiger partial charge in [-0.05, 0) is 26.7 Å². The molecule has 3 heterocycles. The molecular formula is C17H26N6O3S. The van der Waals surface area contributed by atoms with Crippen molar-refractivity contribution in [1.29, 1.82) is 0 Å². The zero-order valence-corrected chi connectivity index (χ0v) is 16.7. The SMILES string of the molecule is CCn1cc(CNC(=O)C2CCCN(S(=O)(=O)c3cnn(C)c3)C2)c(C)n1. The molecule has 1 aliphatic heterocycles. The molecule has 2 aromatic rings. The van der Waals surface area contributed by atoms with Crippen molar-refractivity contribution >= 4 is 15.9 Å². The minimum absolute atomic E-state index is 0.121. The molecule has 10 heteroatoms.